The maximum Gasteiger partial charge on any atom is 0.228 e. The molecule has 29 heavy (non-hydrogen) atoms. The van der Waals surface area contributed by atoms with Crippen molar-refractivity contribution < 1.29 is 18.3 Å². The van der Waals surface area contributed by atoms with Crippen LogP contribution in [0, 0.1) is 36.8 Å². The van der Waals surface area contributed by atoms with Gasteiger partial charge in [-0.2, -0.15) is 10.4 Å². The first-order chi connectivity index (χ1) is 13.9. The van der Waals surface area contributed by atoms with Crippen LogP contribution >= 0.6 is 0 Å². The Bertz CT molecular complexity index is 1090. The number of benzene rings is 2. The van der Waals surface area contributed by atoms with Crippen LogP contribution in [-0.4, -0.2) is 22.3 Å². The molecule has 1 heterocycles. The van der Waals surface area contributed by atoms with E-state index in [9.17, 15) is 13.6 Å². The normalized spacial score (nSPS) is 10.4. The van der Waals surface area contributed by atoms with Crippen molar-refractivity contribution >= 4 is 11.6 Å². The minimum atomic E-state index is -0.731. The van der Waals surface area contributed by atoms with E-state index in [1.54, 1.807) is 38.1 Å². The maximum atomic E-state index is 14.1. The van der Waals surface area contributed by atoms with E-state index in [1.807, 2.05) is 6.07 Å². The minimum Gasteiger partial charge on any atom is -0.479 e. The van der Waals surface area contributed by atoms with Crippen LogP contribution in [0.25, 0.3) is 5.69 Å². The van der Waals surface area contributed by atoms with Gasteiger partial charge in [-0.05, 0) is 50.2 Å². The Morgan fingerprint density at radius 3 is 2.59 bits per heavy atom. The topological polar surface area (TPSA) is 79.9 Å². The molecule has 3 aromatic rings. The first-order valence-electron chi connectivity index (χ1n) is 8.79. The molecule has 2 aromatic carbocycles. The molecular formula is C21H18F2N4O2. The van der Waals surface area contributed by atoms with Crippen molar-refractivity contribution in [1.82, 2.24) is 9.78 Å². The molecule has 0 saturated carbocycles. The van der Waals surface area contributed by atoms with Crippen molar-refractivity contribution in [3.05, 3.63) is 71.1 Å². The molecule has 3 rings (SSSR count). The summed E-state index contributed by atoms with van der Waals surface area (Å²) in [4.78, 5) is 12.5. The summed E-state index contributed by atoms with van der Waals surface area (Å²) < 4.78 is 33.8. The summed E-state index contributed by atoms with van der Waals surface area (Å²) in [5.41, 5.74) is 2.54. The molecule has 1 N–H and O–H groups in total. The molecular weight excluding hydrogens is 378 g/mol. The smallest absolute Gasteiger partial charge is 0.228 e. The molecule has 0 spiro atoms. The first kappa shape index (κ1) is 20.0. The summed E-state index contributed by atoms with van der Waals surface area (Å²) in [6.07, 6.45) is 0.0488. The average Bonchev–Trinajstić information content (AvgIpc) is 2.95. The number of aromatic nitrogens is 2. The van der Waals surface area contributed by atoms with Crippen LogP contribution in [0.4, 0.5) is 14.5 Å². The number of hydrogen-bond acceptors (Lipinski definition) is 4. The molecule has 1 amide bonds. The lowest BCUT2D eigenvalue weighted by molar-refractivity contribution is -0.115. The summed E-state index contributed by atoms with van der Waals surface area (Å²) in [6.45, 7) is 3.41. The zero-order chi connectivity index (χ0) is 21.0. The van der Waals surface area contributed by atoms with E-state index in [0.29, 0.717) is 28.4 Å². The van der Waals surface area contributed by atoms with Gasteiger partial charge < -0.3 is 10.1 Å². The quantitative estimate of drug-likeness (QED) is 0.686. The fourth-order valence-corrected chi connectivity index (χ4v) is 2.93. The molecule has 148 valence electrons. The molecule has 0 saturated heterocycles. The lowest BCUT2D eigenvalue weighted by Crippen LogP contribution is -2.15. The number of nitriles is 1. The summed E-state index contributed by atoms with van der Waals surface area (Å²) >= 11 is 0. The number of nitrogens with zero attached hydrogens (tertiary/aromatic N) is 3. The Balaban J connectivity index is 1.74. The highest BCUT2D eigenvalue weighted by molar-refractivity contribution is 5.92. The second-order valence-electron chi connectivity index (χ2n) is 6.35. The first-order valence-corrected chi connectivity index (χ1v) is 8.79. The van der Waals surface area contributed by atoms with Gasteiger partial charge in [-0.25, -0.2) is 13.5 Å². The van der Waals surface area contributed by atoms with Gasteiger partial charge in [0.25, 0.3) is 0 Å². The molecule has 0 aliphatic rings. The number of ether oxygens (including phenoxy) is 1. The van der Waals surface area contributed by atoms with Crippen LogP contribution in [-0.2, 0) is 11.2 Å². The predicted molar refractivity (Wildman–Crippen MR) is 103 cm³/mol. The molecule has 6 nitrogen and oxygen atoms in total. The molecule has 0 fully saturated rings. The van der Waals surface area contributed by atoms with Crippen molar-refractivity contribution in [2.45, 2.75) is 20.3 Å². The number of anilines is 1. The highest BCUT2D eigenvalue weighted by Gasteiger charge is 2.18. The molecule has 0 aliphatic heterocycles. The van der Waals surface area contributed by atoms with E-state index in [-0.39, 0.29) is 24.6 Å². The average molecular weight is 396 g/mol. The van der Waals surface area contributed by atoms with Crippen LogP contribution in [0.2, 0.25) is 0 Å². The Labute approximate surface area is 166 Å². The fourth-order valence-electron chi connectivity index (χ4n) is 2.93. The van der Waals surface area contributed by atoms with E-state index in [0.717, 1.165) is 12.1 Å². The second-order valence-corrected chi connectivity index (χ2v) is 6.35. The zero-order valence-electron chi connectivity index (χ0n) is 15.9. The van der Waals surface area contributed by atoms with E-state index in [4.69, 9.17) is 10.00 Å². The van der Waals surface area contributed by atoms with Crippen LogP contribution in [0.1, 0.15) is 17.0 Å². The molecule has 0 unspecified atom stereocenters. The van der Waals surface area contributed by atoms with Gasteiger partial charge in [0, 0.05) is 23.0 Å². The largest absolute Gasteiger partial charge is 0.479 e. The van der Waals surface area contributed by atoms with Gasteiger partial charge in [0.15, 0.2) is 12.4 Å². The third-order valence-corrected chi connectivity index (χ3v) is 4.36. The molecule has 0 radical (unpaired) electrons. The molecule has 0 aliphatic carbocycles. The number of carbonyl (C=O) groups excluding carboxylic acids is 1. The van der Waals surface area contributed by atoms with Gasteiger partial charge in [0.1, 0.15) is 23.3 Å². The summed E-state index contributed by atoms with van der Waals surface area (Å²) in [6, 6.07) is 11.8. The van der Waals surface area contributed by atoms with E-state index >= 15 is 0 Å². The minimum absolute atomic E-state index is 0.0488. The molecule has 0 bridgehead atoms. The Kier molecular flexibility index (Phi) is 5.88. The highest BCUT2D eigenvalue weighted by Crippen LogP contribution is 2.22. The van der Waals surface area contributed by atoms with Crippen LogP contribution in [0.5, 0.6) is 5.75 Å². The Hall–Kier alpha value is -3.73. The van der Waals surface area contributed by atoms with Gasteiger partial charge in [0.05, 0.1) is 12.1 Å². The highest BCUT2D eigenvalue weighted by atomic mass is 19.1. The van der Waals surface area contributed by atoms with Crippen LogP contribution in [0.3, 0.4) is 0 Å². The van der Waals surface area contributed by atoms with Gasteiger partial charge in [-0.1, -0.05) is 0 Å². The number of halogens is 2. The van der Waals surface area contributed by atoms with Crippen molar-refractivity contribution in [3.8, 4) is 17.5 Å². The predicted octanol–water partition coefficient (Wildman–Crippen LogP) is 3.85. The number of amides is 1. The van der Waals surface area contributed by atoms with Gasteiger partial charge >= 0.3 is 0 Å². The summed E-state index contributed by atoms with van der Waals surface area (Å²) in [5.74, 6) is -1.14. The van der Waals surface area contributed by atoms with Crippen molar-refractivity contribution in [1.29, 1.82) is 5.26 Å². The van der Waals surface area contributed by atoms with E-state index < -0.39 is 11.6 Å². The molecule has 0 atom stereocenters. The number of aryl methyl sites for hydroxylation is 1. The lowest BCUT2D eigenvalue weighted by atomic mass is 10.1. The van der Waals surface area contributed by atoms with Gasteiger partial charge in [-0.15, -0.1) is 0 Å². The number of hydrogen-bond donors (Lipinski definition) is 1. The van der Waals surface area contributed by atoms with Gasteiger partial charge in [0.2, 0.25) is 5.91 Å². The third kappa shape index (κ3) is 4.58. The molecule has 8 heteroatoms. The van der Waals surface area contributed by atoms with Crippen LogP contribution in [0.15, 0.2) is 42.5 Å². The Morgan fingerprint density at radius 1 is 1.21 bits per heavy atom. The lowest BCUT2D eigenvalue weighted by Gasteiger charge is -2.08. The Morgan fingerprint density at radius 2 is 1.93 bits per heavy atom. The summed E-state index contributed by atoms with van der Waals surface area (Å²) in [7, 11) is 0. The van der Waals surface area contributed by atoms with E-state index in [2.05, 4.69) is 10.4 Å². The second kappa shape index (κ2) is 8.52. The van der Waals surface area contributed by atoms with Crippen LogP contribution < -0.4 is 10.1 Å². The molecule has 1 aromatic heterocycles. The monoisotopic (exact) mass is 396 g/mol. The van der Waals surface area contributed by atoms with Crippen molar-refractivity contribution in [2.24, 2.45) is 0 Å². The van der Waals surface area contributed by atoms with Crippen molar-refractivity contribution in [2.75, 3.05) is 11.9 Å². The third-order valence-electron chi connectivity index (χ3n) is 4.36. The maximum absolute atomic E-state index is 14.1. The number of carbonyl (C=O) groups is 1. The SMILES string of the molecule is Cc1nn(-c2ccc(F)cc2F)c(C)c1CC(=O)Nc1ccc(OCC#N)cc1. The number of nitrogens with one attached hydrogen (secondary N) is 1. The fraction of sp³-hybridized carbons (Fsp3) is 0.190. The standard InChI is InChI=1S/C21H18F2N4O2/c1-13-18(14(2)27(26-13)20-8-3-15(22)11-19(20)23)12-21(28)25-16-4-6-17(7-5-16)29-10-9-24/h3-8,11H,10,12H2,1-2H3,(H,25,28). The van der Waals surface area contributed by atoms with Crippen molar-refractivity contribution in [3.63, 3.8) is 0 Å². The zero-order valence-corrected chi connectivity index (χ0v) is 15.9. The van der Waals surface area contributed by atoms with Gasteiger partial charge in [-0.3, -0.25) is 4.79 Å². The van der Waals surface area contributed by atoms with E-state index in [1.165, 1.54) is 10.7 Å². The number of rotatable bonds is 6. The summed E-state index contributed by atoms with van der Waals surface area (Å²) in [5, 5.41) is 15.6.